The van der Waals surface area contributed by atoms with Gasteiger partial charge in [0, 0.05) is 0 Å². The standard InChI is InChI=1S/C12H8ClFN4O/c1-19-8-4-2-3-7(14)11(8)12-16-15-10-6-5-9(13)17-18(10)12/h2-6H,1H3. The molecule has 0 unspecified atom stereocenters. The van der Waals surface area contributed by atoms with Gasteiger partial charge in [-0.25, -0.2) is 4.39 Å². The zero-order valence-corrected chi connectivity index (χ0v) is 10.6. The summed E-state index contributed by atoms with van der Waals surface area (Å²) in [6, 6.07) is 7.77. The molecule has 96 valence electrons. The molecule has 3 aromatic rings. The number of methoxy groups -OCH3 is 1. The van der Waals surface area contributed by atoms with Crippen LogP contribution in [-0.4, -0.2) is 26.9 Å². The highest BCUT2D eigenvalue weighted by atomic mass is 35.5. The second kappa shape index (κ2) is 4.47. The first kappa shape index (κ1) is 11.9. The van der Waals surface area contributed by atoms with Gasteiger partial charge in [-0.1, -0.05) is 17.7 Å². The normalized spacial score (nSPS) is 10.9. The van der Waals surface area contributed by atoms with Gasteiger partial charge in [0.15, 0.2) is 11.5 Å². The number of rotatable bonds is 2. The summed E-state index contributed by atoms with van der Waals surface area (Å²) in [5, 5.41) is 12.2. The topological polar surface area (TPSA) is 52.3 Å². The average Bonchev–Trinajstić information content (AvgIpc) is 2.81. The summed E-state index contributed by atoms with van der Waals surface area (Å²) in [6.07, 6.45) is 0. The Bertz CT molecular complexity index is 759. The van der Waals surface area contributed by atoms with Crippen molar-refractivity contribution in [3.05, 3.63) is 41.3 Å². The van der Waals surface area contributed by atoms with Crippen LogP contribution >= 0.6 is 11.6 Å². The first-order valence-corrected chi connectivity index (χ1v) is 5.79. The Morgan fingerprint density at radius 1 is 1.21 bits per heavy atom. The number of benzene rings is 1. The van der Waals surface area contributed by atoms with Gasteiger partial charge in [0.25, 0.3) is 0 Å². The Balaban J connectivity index is 2.33. The molecule has 1 aromatic carbocycles. The van der Waals surface area contributed by atoms with E-state index < -0.39 is 5.82 Å². The zero-order chi connectivity index (χ0) is 13.4. The molecule has 0 aliphatic carbocycles. The summed E-state index contributed by atoms with van der Waals surface area (Å²) in [5.41, 5.74) is 0.678. The molecule has 2 aromatic heterocycles. The number of nitrogens with zero attached hydrogens (tertiary/aromatic N) is 4. The minimum absolute atomic E-state index is 0.201. The molecule has 0 radical (unpaired) electrons. The maximum Gasteiger partial charge on any atom is 0.192 e. The van der Waals surface area contributed by atoms with Crippen LogP contribution in [0.1, 0.15) is 0 Å². The summed E-state index contributed by atoms with van der Waals surface area (Å²) in [6.45, 7) is 0. The van der Waals surface area contributed by atoms with Crippen molar-refractivity contribution in [1.29, 1.82) is 0 Å². The van der Waals surface area contributed by atoms with Gasteiger partial charge in [-0.3, -0.25) is 0 Å². The lowest BCUT2D eigenvalue weighted by molar-refractivity contribution is 0.413. The van der Waals surface area contributed by atoms with E-state index in [0.29, 0.717) is 11.4 Å². The minimum atomic E-state index is -0.463. The summed E-state index contributed by atoms with van der Waals surface area (Å²) >= 11 is 5.84. The molecular formula is C12H8ClFN4O. The first-order valence-electron chi connectivity index (χ1n) is 5.41. The van der Waals surface area contributed by atoms with Crippen molar-refractivity contribution in [2.45, 2.75) is 0 Å². The predicted molar refractivity (Wildman–Crippen MR) is 67.7 cm³/mol. The van der Waals surface area contributed by atoms with Crippen molar-refractivity contribution in [2.24, 2.45) is 0 Å². The molecule has 7 heteroatoms. The second-order valence-electron chi connectivity index (χ2n) is 3.77. The molecule has 0 saturated carbocycles. The van der Waals surface area contributed by atoms with Crippen LogP contribution in [-0.2, 0) is 0 Å². The van der Waals surface area contributed by atoms with Crippen molar-refractivity contribution >= 4 is 17.2 Å². The monoisotopic (exact) mass is 278 g/mol. The molecule has 3 rings (SSSR count). The zero-order valence-electron chi connectivity index (χ0n) is 9.84. The fraction of sp³-hybridized carbons (Fsp3) is 0.0833. The van der Waals surface area contributed by atoms with Crippen molar-refractivity contribution in [2.75, 3.05) is 7.11 Å². The minimum Gasteiger partial charge on any atom is -0.496 e. The SMILES string of the molecule is COc1cccc(F)c1-c1nnc2ccc(Cl)nn12. The molecule has 0 N–H and O–H groups in total. The number of ether oxygens (including phenoxy) is 1. The molecule has 0 aliphatic heterocycles. The molecule has 0 saturated heterocycles. The summed E-state index contributed by atoms with van der Waals surface area (Å²) < 4.78 is 20.5. The molecule has 0 atom stereocenters. The van der Waals surface area contributed by atoms with Gasteiger partial charge in [0.2, 0.25) is 0 Å². The van der Waals surface area contributed by atoms with E-state index in [-0.39, 0.29) is 16.5 Å². The maximum absolute atomic E-state index is 14.0. The molecule has 0 amide bonds. The lowest BCUT2D eigenvalue weighted by Gasteiger charge is -2.07. The molecule has 2 heterocycles. The van der Waals surface area contributed by atoms with Crippen LogP contribution in [0.5, 0.6) is 5.75 Å². The fourth-order valence-electron chi connectivity index (χ4n) is 1.81. The van der Waals surface area contributed by atoms with E-state index in [1.807, 2.05) is 0 Å². The molecule has 19 heavy (non-hydrogen) atoms. The van der Waals surface area contributed by atoms with E-state index in [2.05, 4.69) is 15.3 Å². The third kappa shape index (κ3) is 1.90. The van der Waals surface area contributed by atoms with Crippen LogP contribution in [0.25, 0.3) is 17.0 Å². The summed E-state index contributed by atoms with van der Waals surface area (Å²) in [7, 11) is 1.46. The third-order valence-corrected chi connectivity index (χ3v) is 2.85. The predicted octanol–water partition coefficient (Wildman–Crippen LogP) is 2.59. The molecule has 0 bridgehead atoms. The van der Waals surface area contributed by atoms with Crippen LogP contribution in [0.3, 0.4) is 0 Å². The van der Waals surface area contributed by atoms with E-state index in [1.54, 1.807) is 24.3 Å². The van der Waals surface area contributed by atoms with Crippen LogP contribution < -0.4 is 4.74 Å². The van der Waals surface area contributed by atoms with Crippen LogP contribution in [0.2, 0.25) is 5.15 Å². The summed E-state index contributed by atoms with van der Waals surface area (Å²) in [4.78, 5) is 0. The van der Waals surface area contributed by atoms with Gasteiger partial charge in [-0.15, -0.1) is 10.2 Å². The molecule has 5 nitrogen and oxygen atoms in total. The van der Waals surface area contributed by atoms with Gasteiger partial charge in [-0.2, -0.15) is 9.61 Å². The molecule has 0 spiro atoms. The Morgan fingerprint density at radius 3 is 2.84 bits per heavy atom. The maximum atomic E-state index is 14.0. The van der Waals surface area contributed by atoms with Crippen molar-refractivity contribution in [3.8, 4) is 17.1 Å². The smallest absolute Gasteiger partial charge is 0.192 e. The van der Waals surface area contributed by atoms with E-state index in [1.165, 1.54) is 17.7 Å². The number of hydrogen-bond acceptors (Lipinski definition) is 4. The lowest BCUT2D eigenvalue weighted by atomic mass is 10.2. The van der Waals surface area contributed by atoms with Crippen molar-refractivity contribution in [1.82, 2.24) is 19.8 Å². The Hall–Kier alpha value is -2.21. The van der Waals surface area contributed by atoms with Crippen LogP contribution in [0.4, 0.5) is 4.39 Å². The lowest BCUT2D eigenvalue weighted by Crippen LogP contribution is -1.99. The van der Waals surface area contributed by atoms with Crippen LogP contribution in [0.15, 0.2) is 30.3 Å². The molecule has 0 fully saturated rings. The number of aromatic nitrogens is 4. The quantitative estimate of drug-likeness (QED) is 0.723. The highest BCUT2D eigenvalue weighted by molar-refractivity contribution is 6.29. The Kier molecular flexibility index (Phi) is 2.79. The molecular weight excluding hydrogens is 271 g/mol. The Morgan fingerprint density at radius 2 is 2.05 bits per heavy atom. The van der Waals surface area contributed by atoms with Gasteiger partial charge < -0.3 is 4.74 Å². The van der Waals surface area contributed by atoms with E-state index >= 15 is 0 Å². The van der Waals surface area contributed by atoms with Crippen molar-refractivity contribution in [3.63, 3.8) is 0 Å². The number of fused-ring (bicyclic) bond motifs is 1. The first-order chi connectivity index (χ1) is 9.20. The molecule has 0 aliphatic rings. The highest BCUT2D eigenvalue weighted by Gasteiger charge is 2.18. The van der Waals surface area contributed by atoms with Gasteiger partial charge in [0.1, 0.15) is 16.7 Å². The average molecular weight is 279 g/mol. The van der Waals surface area contributed by atoms with Crippen LogP contribution in [0, 0.1) is 5.82 Å². The Labute approximate surface area is 112 Å². The van der Waals surface area contributed by atoms with Gasteiger partial charge >= 0.3 is 0 Å². The van der Waals surface area contributed by atoms with E-state index in [0.717, 1.165) is 0 Å². The van der Waals surface area contributed by atoms with Crippen molar-refractivity contribution < 1.29 is 9.13 Å². The fourth-order valence-corrected chi connectivity index (χ4v) is 1.95. The largest absolute Gasteiger partial charge is 0.496 e. The number of halogens is 2. The van der Waals surface area contributed by atoms with Gasteiger partial charge in [0.05, 0.1) is 12.7 Å². The highest BCUT2D eigenvalue weighted by Crippen LogP contribution is 2.31. The van der Waals surface area contributed by atoms with Gasteiger partial charge in [-0.05, 0) is 24.3 Å². The summed E-state index contributed by atoms with van der Waals surface area (Å²) in [5.74, 6) is 0.138. The number of hydrogen-bond donors (Lipinski definition) is 0. The van der Waals surface area contributed by atoms with E-state index in [4.69, 9.17) is 16.3 Å². The second-order valence-corrected chi connectivity index (χ2v) is 4.15. The third-order valence-electron chi connectivity index (χ3n) is 2.65. The van der Waals surface area contributed by atoms with E-state index in [9.17, 15) is 4.39 Å².